The van der Waals surface area contributed by atoms with Crippen molar-refractivity contribution in [2.45, 2.75) is 25.5 Å². The van der Waals surface area contributed by atoms with Gasteiger partial charge in [0.05, 0.1) is 29.5 Å². The maximum absolute atomic E-state index is 10.3. The molecule has 4 heterocycles. The number of anilines is 3. The first kappa shape index (κ1) is 26.6. The van der Waals surface area contributed by atoms with Gasteiger partial charge >= 0.3 is 7.12 Å². The maximum atomic E-state index is 10.3. The Hall–Kier alpha value is -4.58. The lowest BCUT2D eigenvalue weighted by atomic mass is 9.77. The molecule has 11 heteroatoms. The van der Waals surface area contributed by atoms with Gasteiger partial charge in [-0.2, -0.15) is 0 Å². The van der Waals surface area contributed by atoms with E-state index in [0.717, 1.165) is 22.3 Å². The largest absolute Gasteiger partial charge is 0.494 e. The number of rotatable bonds is 9. The summed E-state index contributed by atoms with van der Waals surface area (Å²) in [6.07, 6.45) is 3.34. The Kier molecular flexibility index (Phi) is 7.23. The SMILES string of the molecule is COB1OC(C)(C)c2cc(Nc3cc(N[C@H](CO)c4ccccc4)c(-c4nnc(-c5ccccn5)o4)cn3)ccc21. The number of aliphatic hydroxyl groups is 1. The summed E-state index contributed by atoms with van der Waals surface area (Å²) in [5.41, 5.74) is 5.15. The van der Waals surface area contributed by atoms with Crippen molar-refractivity contribution in [2.75, 3.05) is 24.4 Å². The molecule has 1 aliphatic heterocycles. The van der Waals surface area contributed by atoms with E-state index in [1.54, 1.807) is 25.6 Å². The van der Waals surface area contributed by atoms with E-state index < -0.39 is 12.7 Å². The standard InChI is InChI=1S/C30H29BN6O4/c1-30(2)22-15-20(12-13-23(22)31(39-3)41-30)34-27-16-25(35-26(18-38)19-9-5-4-6-10-19)21(17-33-27)28-36-37-29(40-28)24-11-7-8-14-32-24/h4-17,26,38H,18H2,1-3H3,(H2,33,34,35)/t26-/m1/s1. The van der Waals surface area contributed by atoms with Crippen LogP contribution in [0.1, 0.15) is 31.0 Å². The van der Waals surface area contributed by atoms with Crippen LogP contribution in [0.2, 0.25) is 0 Å². The monoisotopic (exact) mass is 548 g/mol. The Balaban J connectivity index is 1.35. The van der Waals surface area contributed by atoms with Crippen molar-refractivity contribution in [1.82, 2.24) is 20.2 Å². The molecular weight excluding hydrogens is 519 g/mol. The summed E-state index contributed by atoms with van der Waals surface area (Å²) in [7, 11) is 1.24. The van der Waals surface area contributed by atoms with Gasteiger partial charge in [-0.25, -0.2) is 4.98 Å². The van der Waals surface area contributed by atoms with Crippen LogP contribution in [0.4, 0.5) is 17.2 Å². The molecule has 0 saturated carbocycles. The molecule has 0 fully saturated rings. The summed E-state index contributed by atoms with van der Waals surface area (Å²) in [5.74, 6) is 1.16. The highest BCUT2D eigenvalue weighted by Gasteiger charge is 2.42. The molecule has 3 aromatic heterocycles. The molecule has 1 aliphatic rings. The number of aromatic nitrogens is 4. The fourth-order valence-electron chi connectivity index (χ4n) is 4.92. The van der Waals surface area contributed by atoms with Gasteiger partial charge in [-0.1, -0.05) is 42.5 Å². The van der Waals surface area contributed by atoms with Gasteiger partial charge in [0.2, 0.25) is 0 Å². The molecule has 1 atom stereocenters. The average molecular weight is 548 g/mol. The first-order chi connectivity index (χ1) is 19.9. The molecular formula is C30H29BN6O4. The summed E-state index contributed by atoms with van der Waals surface area (Å²) in [6.45, 7) is 3.91. The second-order valence-electron chi connectivity index (χ2n) is 10.2. The molecule has 0 saturated heterocycles. The van der Waals surface area contributed by atoms with Crippen LogP contribution in [0.15, 0.2) is 89.6 Å². The summed E-state index contributed by atoms with van der Waals surface area (Å²) in [6, 6.07) is 22.7. The molecule has 0 amide bonds. The van der Waals surface area contributed by atoms with E-state index in [4.69, 9.17) is 13.7 Å². The van der Waals surface area contributed by atoms with Crippen molar-refractivity contribution >= 4 is 29.8 Å². The third-order valence-corrected chi connectivity index (χ3v) is 7.00. The topological polar surface area (TPSA) is 127 Å². The molecule has 0 bridgehead atoms. The number of aliphatic hydroxyl groups excluding tert-OH is 1. The Morgan fingerprint density at radius 3 is 2.54 bits per heavy atom. The highest BCUT2D eigenvalue weighted by atomic mass is 16.6. The predicted molar refractivity (Wildman–Crippen MR) is 157 cm³/mol. The molecule has 0 aliphatic carbocycles. The molecule has 41 heavy (non-hydrogen) atoms. The van der Waals surface area contributed by atoms with Gasteiger partial charge in [-0.15, -0.1) is 10.2 Å². The van der Waals surface area contributed by atoms with Crippen LogP contribution >= 0.6 is 0 Å². The van der Waals surface area contributed by atoms with Crippen molar-refractivity contribution in [1.29, 1.82) is 0 Å². The minimum Gasteiger partial charge on any atom is -0.414 e. The van der Waals surface area contributed by atoms with Crippen molar-refractivity contribution in [2.24, 2.45) is 0 Å². The minimum atomic E-state index is -0.495. The Morgan fingerprint density at radius 2 is 1.78 bits per heavy atom. The predicted octanol–water partition coefficient (Wildman–Crippen LogP) is 4.69. The number of nitrogens with zero attached hydrogens (tertiary/aromatic N) is 4. The quantitative estimate of drug-likeness (QED) is 0.223. The third-order valence-electron chi connectivity index (χ3n) is 7.00. The zero-order chi connectivity index (χ0) is 28.4. The highest BCUT2D eigenvalue weighted by molar-refractivity contribution is 6.63. The van der Waals surface area contributed by atoms with E-state index in [2.05, 4.69) is 36.9 Å². The van der Waals surface area contributed by atoms with Crippen LogP contribution in [0, 0.1) is 0 Å². The fourth-order valence-corrected chi connectivity index (χ4v) is 4.92. The minimum absolute atomic E-state index is 0.127. The van der Waals surface area contributed by atoms with Gasteiger partial charge in [0.25, 0.3) is 11.8 Å². The number of fused-ring (bicyclic) bond motifs is 1. The van der Waals surface area contributed by atoms with E-state index in [1.807, 2.05) is 74.5 Å². The smallest absolute Gasteiger partial charge is 0.414 e. The fraction of sp³-hybridized carbons (Fsp3) is 0.200. The van der Waals surface area contributed by atoms with Crippen LogP contribution in [-0.2, 0) is 14.9 Å². The van der Waals surface area contributed by atoms with Crippen LogP contribution < -0.4 is 16.1 Å². The number of hydrogen-bond donors (Lipinski definition) is 3. The van der Waals surface area contributed by atoms with E-state index in [9.17, 15) is 5.11 Å². The first-order valence-electron chi connectivity index (χ1n) is 13.2. The molecule has 0 radical (unpaired) electrons. The molecule has 5 aromatic rings. The summed E-state index contributed by atoms with van der Waals surface area (Å²) in [5, 5.41) is 25.6. The van der Waals surface area contributed by atoms with E-state index >= 15 is 0 Å². The average Bonchev–Trinajstić information content (AvgIpc) is 3.59. The lowest BCUT2D eigenvalue weighted by molar-refractivity contribution is 0.0930. The molecule has 6 rings (SSSR count). The Bertz CT molecular complexity index is 1650. The van der Waals surface area contributed by atoms with Gasteiger partial charge in [0.15, 0.2) is 0 Å². The Morgan fingerprint density at radius 1 is 0.976 bits per heavy atom. The normalized spacial score (nSPS) is 14.5. The number of hydrogen-bond acceptors (Lipinski definition) is 10. The molecule has 2 aromatic carbocycles. The zero-order valence-corrected chi connectivity index (χ0v) is 22.9. The van der Waals surface area contributed by atoms with Crippen molar-refractivity contribution < 1.29 is 18.8 Å². The lowest BCUT2D eigenvalue weighted by Crippen LogP contribution is -2.31. The van der Waals surface area contributed by atoms with E-state index in [1.165, 1.54) is 0 Å². The maximum Gasteiger partial charge on any atom is 0.494 e. The van der Waals surface area contributed by atoms with Gasteiger partial charge in [0, 0.05) is 31.3 Å². The van der Waals surface area contributed by atoms with Crippen LogP contribution in [-0.4, -0.2) is 46.1 Å². The van der Waals surface area contributed by atoms with Gasteiger partial charge in [-0.3, -0.25) is 4.98 Å². The van der Waals surface area contributed by atoms with E-state index in [0.29, 0.717) is 28.7 Å². The lowest BCUT2D eigenvalue weighted by Gasteiger charge is -2.21. The second kappa shape index (κ2) is 11.1. The molecule has 0 unspecified atom stereocenters. The summed E-state index contributed by atoms with van der Waals surface area (Å²) >= 11 is 0. The van der Waals surface area contributed by atoms with Gasteiger partial charge < -0.3 is 29.5 Å². The van der Waals surface area contributed by atoms with Crippen molar-refractivity contribution in [3.63, 3.8) is 0 Å². The molecule has 10 nitrogen and oxygen atoms in total. The van der Waals surface area contributed by atoms with Gasteiger partial charge in [0.1, 0.15) is 11.5 Å². The third kappa shape index (κ3) is 5.42. The molecule has 206 valence electrons. The number of benzene rings is 2. The number of nitrogens with one attached hydrogen (secondary N) is 2. The molecule has 3 N–H and O–H groups in total. The zero-order valence-electron chi connectivity index (χ0n) is 22.9. The molecule has 0 spiro atoms. The van der Waals surface area contributed by atoms with Gasteiger partial charge in [-0.05, 0) is 54.7 Å². The van der Waals surface area contributed by atoms with E-state index in [-0.39, 0.29) is 18.5 Å². The van der Waals surface area contributed by atoms with Crippen LogP contribution in [0.25, 0.3) is 23.0 Å². The van der Waals surface area contributed by atoms with Crippen LogP contribution in [0.5, 0.6) is 0 Å². The summed E-state index contributed by atoms with van der Waals surface area (Å²) in [4.78, 5) is 8.95. The highest BCUT2D eigenvalue weighted by Crippen LogP contribution is 2.35. The Labute approximate surface area is 237 Å². The summed E-state index contributed by atoms with van der Waals surface area (Å²) < 4.78 is 17.6. The van der Waals surface area contributed by atoms with Crippen molar-refractivity contribution in [3.05, 3.63) is 96.3 Å². The number of pyridine rings is 2. The first-order valence-corrected chi connectivity index (χ1v) is 13.2. The second-order valence-corrected chi connectivity index (χ2v) is 10.2. The van der Waals surface area contributed by atoms with Crippen LogP contribution in [0.3, 0.4) is 0 Å². The van der Waals surface area contributed by atoms with Crippen molar-refractivity contribution in [3.8, 4) is 23.0 Å².